The van der Waals surface area contributed by atoms with Crippen LogP contribution in [0.3, 0.4) is 0 Å². The van der Waals surface area contributed by atoms with E-state index in [1.807, 2.05) is 24.3 Å². The average Bonchev–Trinajstić information content (AvgIpc) is 1.67. The van der Waals surface area contributed by atoms with Crippen LogP contribution in [0.15, 0.2) is 127 Å². The van der Waals surface area contributed by atoms with E-state index in [0.717, 1.165) is 34.5 Å². The fraction of sp³-hybridized carbons (Fsp3) is 0.228. The number of methoxy groups -OCH3 is 3. The van der Waals surface area contributed by atoms with Crippen LogP contribution in [0.2, 0.25) is 26.3 Å². The number of nitrogen functional groups attached to an aromatic ring is 2. The minimum Gasteiger partial charge on any atom is 1.00 e. The van der Waals surface area contributed by atoms with Crippen molar-refractivity contribution in [2.24, 2.45) is 5.34 Å². The van der Waals surface area contributed by atoms with Gasteiger partial charge in [0.25, 0.3) is 0 Å². The number of esters is 3. The number of hydrogen-bond donors (Lipinski definition) is 3. The van der Waals surface area contributed by atoms with Gasteiger partial charge in [-0.15, -0.1) is 22.8 Å². The van der Waals surface area contributed by atoms with Crippen molar-refractivity contribution in [3.8, 4) is 28.7 Å². The molecule has 0 aliphatic rings. The van der Waals surface area contributed by atoms with Crippen LogP contribution < -0.4 is 60.0 Å². The third-order valence-electron chi connectivity index (χ3n) is 11.5. The predicted octanol–water partition coefficient (Wildman–Crippen LogP) is 8.11. The molecule has 0 saturated carbocycles. The normalized spacial score (nSPS) is 9.68. The molecule has 34 nitrogen and oxygen atoms in total. The molecule has 2 radical (unpaired) electrons. The topological polar surface area (TPSA) is 478 Å². The monoisotopic (exact) mass is 1670 g/mol. The Hall–Kier alpha value is -8.40. The van der Waals surface area contributed by atoms with E-state index in [2.05, 4.69) is 64.4 Å². The van der Waals surface area contributed by atoms with E-state index in [0.29, 0.717) is 64.3 Å². The Balaban J connectivity index is 0.000000628. The minimum atomic E-state index is -0.901. The van der Waals surface area contributed by atoms with Crippen molar-refractivity contribution in [1.29, 1.82) is 0 Å². The molecule has 9 rings (SSSR count). The zero-order chi connectivity index (χ0) is 73.2. The number of halogens is 8. The molecule has 0 bridgehead atoms. The maximum Gasteiger partial charge on any atom is 1.00 e. The number of nitrogens with zero attached hydrogens (tertiary/aromatic N) is 14. The van der Waals surface area contributed by atoms with Gasteiger partial charge in [0.15, 0.2) is 11.2 Å². The Labute approximate surface area is 643 Å². The summed E-state index contributed by atoms with van der Waals surface area (Å²) in [4.78, 5) is 101. The van der Waals surface area contributed by atoms with Gasteiger partial charge in [-0.25, -0.2) is 29.9 Å². The van der Waals surface area contributed by atoms with E-state index in [-0.39, 0.29) is 155 Å². The number of carbonyl (C=O) groups is 4. The largest absolute Gasteiger partial charge is 1.00 e. The van der Waals surface area contributed by atoms with Crippen molar-refractivity contribution >= 4 is 165 Å². The molecule has 4 aromatic carbocycles. The molecule has 0 aliphatic heterocycles. The number of aliphatic carboxylic acids is 1. The number of anilines is 2. The van der Waals surface area contributed by atoms with Gasteiger partial charge in [0.1, 0.15) is 41.1 Å². The quantitative estimate of drug-likeness (QED) is 0.00626. The van der Waals surface area contributed by atoms with E-state index >= 15 is 0 Å². The van der Waals surface area contributed by atoms with E-state index in [4.69, 9.17) is 121 Å². The summed E-state index contributed by atoms with van der Waals surface area (Å²) in [7, 11) is 13.9. The van der Waals surface area contributed by atoms with Gasteiger partial charge in [-0.3, -0.25) is 39.4 Å². The molecule has 5 aromatic heterocycles. The van der Waals surface area contributed by atoms with Crippen LogP contribution in [-0.2, 0) is 46.2 Å². The molecule has 101 heavy (non-hydrogen) atoms. The van der Waals surface area contributed by atoms with Gasteiger partial charge in [0.2, 0.25) is 26.3 Å². The van der Waals surface area contributed by atoms with Gasteiger partial charge in [-0.05, 0) is 130 Å². The van der Waals surface area contributed by atoms with Crippen LogP contribution in [-0.4, -0.2) is 160 Å². The summed E-state index contributed by atoms with van der Waals surface area (Å²) in [5.74, 6) is 0.708. The van der Waals surface area contributed by atoms with Crippen LogP contribution >= 0.6 is 88.3 Å². The van der Waals surface area contributed by atoms with Gasteiger partial charge in [0.05, 0.1) is 113 Å². The third-order valence-corrected chi connectivity index (χ3v) is 12.5. The first-order valence-electron chi connectivity index (χ1n) is 27.3. The molecule has 0 atom stereocenters. The number of nitro groups is 2. The Morgan fingerprint density at radius 3 is 1.33 bits per heavy atom. The molecule has 0 amide bonds. The summed E-state index contributed by atoms with van der Waals surface area (Å²) >= 11 is 27.1. The number of nitrogens with two attached hydrogens (primary N) is 2. The summed E-state index contributed by atoms with van der Waals surface area (Å²) in [6.07, 6.45) is 6.40. The van der Waals surface area contributed by atoms with E-state index in [9.17, 15) is 39.4 Å². The van der Waals surface area contributed by atoms with Gasteiger partial charge in [-0.2, -0.15) is 14.6 Å². The molecular formula is C57H55Cl8N16NaO18Sn. The number of rotatable bonds is 23. The maximum absolute atomic E-state index is 11.0. The van der Waals surface area contributed by atoms with Crippen molar-refractivity contribution in [2.45, 2.75) is 38.5 Å². The number of carboxylic acid groups (broad SMARTS) is 1. The molecule has 0 fully saturated rings. The second kappa shape index (κ2) is 50.8. The molecule has 5 N–H and O–H groups in total. The van der Waals surface area contributed by atoms with E-state index < -0.39 is 34.7 Å². The standard InChI is InChI=1S/C15H14ClN3O5.C15H16ClN3O3.C13H10ClN5O3.C10H13NO3.C4HCl2N3O2.3ClH.HNO2.Na.Sn/c1-23-14(20)6-7-24-11-4-2-10(3-5-11)8-12-13(19(21)22)9-17-15(16)18-12;1-21-14(20)6-7-22-11-4-2-10(3-5-11)8-13-12(17)9-18-15(16)19-13;14-13-15-7-10-12(16-13)19(18-17-10)8-1-3-9(4-2-8)22-6-5-11(20)21;1-13-10(12)6-7-14-9-4-2-8(11)3-5-9;5-3-2(9(10)11)1-7-4(6)8-3;;;;2-1-3;;/h2-5,9H,6-8H2,1H3;2-5,9H,6-8,17H2,1H3;1-4,7H,5-6H2,(H,20,21);2-5H,6-7,11H2,1H3;1H;3*1H;(H,2,3);;/q;;;;;;;;;+1;+2/p-3. The third kappa shape index (κ3) is 36.2. The SMILES string of the molecule is COC(=O)CCOc1ccc(Cc2nc(Cl)ncc2N)cc1.COC(=O)CCOc1ccc(Cc2nc(Cl)ncc2[N+](=O)[O-])cc1.COC(=O)CCOc1ccc(N)cc1.Cl.O=C(O)CCOc1ccc(-n2nnc3cnc(Cl)nc32)cc1.O=N[O-].O=[N+]([O-])c1cnc(Cl)nc1Cl.[Cl][Sn][Cl].[Na+]. The average molecular weight is 1680 g/mol. The number of fused-ring (bicyclic) bond motifs is 1. The molecule has 532 valence electrons. The number of benzene rings is 4. The molecular weight excluding hydrogens is 1620 g/mol. The molecule has 9 aromatic rings. The Morgan fingerprint density at radius 2 is 0.911 bits per heavy atom. The zero-order valence-electron chi connectivity index (χ0n) is 53.0. The first kappa shape index (κ1) is 90.6. The van der Waals surface area contributed by atoms with Crippen LogP contribution in [0.5, 0.6) is 23.0 Å². The fourth-order valence-electron chi connectivity index (χ4n) is 6.91. The van der Waals surface area contributed by atoms with Crippen molar-refractivity contribution in [2.75, 3.05) is 59.2 Å². The minimum absolute atomic E-state index is 0. The van der Waals surface area contributed by atoms with Crippen LogP contribution in [0, 0.1) is 30.3 Å². The summed E-state index contributed by atoms with van der Waals surface area (Å²) < 4.78 is 36.5. The molecule has 44 heteroatoms. The molecule has 0 unspecified atom stereocenters. The predicted molar refractivity (Wildman–Crippen MR) is 371 cm³/mol. The summed E-state index contributed by atoms with van der Waals surface area (Å²) in [5.41, 5.74) is 16.5. The number of hydrogen-bond acceptors (Lipinski definition) is 30. The van der Waals surface area contributed by atoms with Crippen molar-refractivity contribution in [3.63, 3.8) is 0 Å². The Bertz CT molecular complexity index is 4050. The Kier molecular flexibility index (Phi) is 45.6. The van der Waals surface area contributed by atoms with Crippen molar-refractivity contribution < 1.29 is 96.8 Å². The zero-order valence-corrected chi connectivity index (χ0v) is 63.9. The van der Waals surface area contributed by atoms with Crippen molar-refractivity contribution in [1.82, 2.24) is 54.9 Å². The van der Waals surface area contributed by atoms with E-state index in [1.165, 1.54) is 38.4 Å². The fourth-order valence-corrected chi connectivity index (χ4v) is 7.72. The van der Waals surface area contributed by atoms with Crippen LogP contribution in [0.25, 0.3) is 16.9 Å². The second-order valence-corrected chi connectivity index (χ2v) is 24.0. The molecule has 0 spiro atoms. The maximum atomic E-state index is 11.0. The second-order valence-electron chi connectivity index (χ2n) is 18.1. The summed E-state index contributed by atoms with van der Waals surface area (Å²) in [6, 6.07) is 28.4. The number of aromatic nitrogens is 11. The van der Waals surface area contributed by atoms with Gasteiger partial charge < -0.3 is 59.8 Å². The van der Waals surface area contributed by atoms with Crippen molar-refractivity contribution in [3.05, 3.63) is 201 Å². The number of carbonyl (C=O) groups excluding carboxylic acids is 3. The molecule has 5 heterocycles. The molecule has 0 saturated heterocycles. The number of ether oxygens (including phenoxy) is 7. The van der Waals surface area contributed by atoms with Gasteiger partial charge in [0, 0.05) is 18.5 Å². The summed E-state index contributed by atoms with van der Waals surface area (Å²) in [5, 5.41) is 46.5. The first-order chi connectivity index (χ1) is 47.4. The smallest absolute Gasteiger partial charge is 1.00 e. The summed E-state index contributed by atoms with van der Waals surface area (Å²) in [6.45, 7) is 0.917. The molecule has 0 aliphatic carbocycles. The van der Waals surface area contributed by atoms with E-state index in [1.54, 1.807) is 72.8 Å². The first-order valence-corrected chi connectivity index (χ1v) is 36.5. The number of carboxylic acids is 1. The van der Waals surface area contributed by atoms with Gasteiger partial charge in [-0.1, -0.05) is 41.1 Å². The van der Waals surface area contributed by atoms with Gasteiger partial charge >= 0.3 is 102 Å². The van der Waals surface area contributed by atoms with Crippen LogP contribution in [0.1, 0.15) is 48.2 Å². The Morgan fingerprint density at radius 1 is 0.554 bits per heavy atom. The van der Waals surface area contributed by atoms with Crippen LogP contribution in [0.4, 0.5) is 22.7 Å².